The summed E-state index contributed by atoms with van der Waals surface area (Å²) in [7, 11) is 0. The third-order valence-electron chi connectivity index (χ3n) is 3.65. The summed E-state index contributed by atoms with van der Waals surface area (Å²) >= 11 is 0. The van der Waals surface area contributed by atoms with Gasteiger partial charge in [-0.25, -0.2) is 0 Å². The Balaban J connectivity index is 2.05. The van der Waals surface area contributed by atoms with Gasteiger partial charge in [-0.2, -0.15) is 0 Å². The highest BCUT2D eigenvalue weighted by Gasteiger charge is 2.32. The standard InChI is InChI=1S/C12H15NO/c14-10-3-4-11-8(5-10)1-2-9-6-13-7-12(9)11/h3-5,9,12-14H,1-2,6-7H2. The highest BCUT2D eigenvalue weighted by Crippen LogP contribution is 2.39. The second kappa shape index (κ2) is 2.99. The van der Waals surface area contributed by atoms with Crippen molar-refractivity contribution in [1.82, 2.24) is 5.32 Å². The molecule has 0 saturated carbocycles. The van der Waals surface area contributed by atoms with Crippen molar-refractivity contribution in [3.63, 3.8) is 0 Å². The molecule has 14 heavy (non-hydrogen) atoms. The molecule has 1 aromatic carbocycles. The average Bonchev–Trinajstić information content (AvgIpc) is 2.65. The van der Waals surface area contributed by atoms with Crippen molar-refractivity contribution in [2.24, 2.45) is 5.92 Å². The molecule has 1 fully saturated rings. The Morgan fingerprint density at radius 3 is 3.14 bits per heavy atom. The maximum Gasteiger partial charge on any atom is 0.115 e. The van der Waals surface area contributed by atoms with Gasteiger partial charge in [0.25, 0.3) is 0 Å². The highest BCUT2D eigenvalue weighted by atomic mass is 16.3. The monoisotopic (exact) mass is 189 g/mol. The second-order valence-electron chi connectivity index (χ2n) is 4.45. The number of aryl methyl sites for hydroxylation is 1. The number of hydrogen-bond acceptors (Lipinski definition) is 2. The number of fused-ring (bicyclic) bond motifs is 3. The van der Waals surface area contributed by atoms with E-state index in [0.717, 1.165) is 18.9 Å². The molecule has 1 heterocycles. The fourth-order valence-electron chi connectivity index (χ4n) is 2.91. The predicted octanol–water partition coefficient (Wildman–Crippen LogP) is 1.64. The summed E-state index contributed by atoms with van der Waals surface area (Å²) in [6.07, 6.45) is 2.40. The third kappa shape index (κ3) is 1.14. The lowest BCUT2D eigenvalue weighted by Gasteiger charge is -2.27. The van der Waals surface area contributed by atoms with E-state index >= 15 is 0 Å². The van der Waals surface area contributed by atoms with Crippen molar-refractivity contribution in [2.75, 3.05) is 13.1 Å². The van der Waals surface area contributed by atoms with E-state index in [2.05, 4.69) is 11.4 Å². The lowest BCUT2D eigenvalue weighted by Crippen LogP contribution is -2.18. The van der Waals surface area contributed by atoms with Gasteiger partial charge in [-0.15, -0.1) is 0 Å². The third-order valence-corrected chi connectivity index (χ3v) is 3.65. The molecule has 0 bridgehead atoms. The molecule has 2 nitrogen and oxygen atoms in total. The topological polar surface area (TPSA) is 32.3 Å². The smallest absolute Gasteiger partial charge is 0.115 e. The Morgan fingerprint density at radius 1 is 1.29 bits per heavy atom. The molecule has 2 aliphatic rings. The lowest BCUT2D eigenvalue weighted by atomic mass is 9.77. The van der Waals surface area contributed by atoms with E-state index in [4.69, 9.17) is 0 Å². The van der Waals surface area contributed by atoms with Gasteiger partial charge in [0.2, 0.25) is 0 Å². The largest absolute Gasteiger partial charge is 0.508 e. The molecule has 1 aliphatic carbocycles. The summed E-state index contributed by atoms with van der Waals surface area (Å²) in [6, 6.07) is 5.86. The van der Waals surface area contributed by atoms with E-state index in [1.165, 1.54) is 24.1 Å². The summed E-state index contributed by atoms with van der Waals surface area (Å²) < 4.78 is 0. The van der Waals surface area contributed by atoms with Crippen LogP contribution in [-0.4, -0.2) is 18.2 Å². The van der Waals surface area contributed by atoms with Crippen molar-refractivity contribution in [3.05, 3.63) is 29.3 Å². The summed E-state index contributed by atoms with van der Waals surface area (Å²) in [6.45, 7) is 2.29. The molecule has 1 saturated heterocycles. The molecule has 2 heteroatoms. The van der Waals surface area contributed by atoms with Crippen molar-refractivity contribution >= 4 is 0 Å². The van der Waals surface area contributed by atoms with Crippen LogP contribution in [-0.2, 0) is 6.42 Å². The molecule has 0 aromatic heterocycles. The molecule has 2 unspecified atom stereocenters. The zero-order valence-corrected chi connectivity index (χ0v) is 8.16. The molecule has 0 amide bonds. The molecular weight excluding hydrogens is 174 g/mol. The van der Waals surface area contributed by atoms with Crippen molar-refractivity contribution in [1.29, 1.82) is 0 Å². The maximum atomic E-state index is 9.41. The molecule has 2 atom stereocenters. The molecule has 1 aliphatic heterocycles. The van der Waals surface area contributed by atoms with Gasteiger partial charge >= 0.3 is 0 Å². The van der Waals surface area contributed by atoms with E-state index in [9.17, 15) is 5.11 Å². The van der Waals surface area contributed by atoms with Crippen LogP contribution in [0, 0.1) is 5.92 Å². The van der Waals surface area contributed by atoms with Crippen molar-refractivity contribution in [2.45, 2.75) is 18.8 Å². The zero-order chi connectivity index (χ0) is 9.54. The van der Waals surface area contributed by atoms with Crippen LogP contribution in [0.2, 0.25) is 0 Å². The van der Waals surface area contributed by atoms with E-state index in [-0.39, 0.29) is 0 Å². The van der Waals surface area contributed by atoms with Crippen molar-refractivity contribution < 1.29 is 5.11 Å². The molecule has 0 radical (unpaired) electrons. The predicted molar refractivity (Wildman–Crippen MR) is 55.5 cm³/mol. The first kappa shape index (κ1) is 8.30. The minimum Gasteiger partial charge on any atom is -0.508 e. The van der Waals surface area contributed by atoms with Gasteiger partial charge in [0.05, 0.1) is 0 Å². The lowest BCUT2D eigenvalue weighted by molar-refractivity contribution is 0.443. The number of aromatic hydroxyl groups is 1. The minimum atomic E-state index is 0.410. The van der Waals surface area contributed by atoms with Crippen LogP contribution in [0.25, 0.3) is 0 Å². The summed E-state index contributed by atoms with van der Waals surface area (Å²) in [5.41, 5.74) is 2.82. The molecule has 2 N–H and O–H groups in total. The molecular formula is C12H15NO. The SMILES string of the molecule is Oc1ccc2c(c1)CCC1CNCC21. The molecule has 1 aromatic rings. The van der Waals surface area contributed by atoms with Gasteiger partial charge in [-0.05, 0) is 48.6 Å². The van der Waals surface area contributed by atoms with E-state index in [1.54, 1.807) is 0 Å². The Bertz CT molecular complexity index is 361. The van der Waals surface area contributed by atoms with Gasteiger partial charge in [0, 0.05) is 12.5 Å². The Kier molecular flexibility index (Phi) is 1.77. The molecule has 0 spiro atoms. The number of phenolic OH excluding ortho intramolecular Hbond substituents is 1. The van der Waals surface area contributed by atoms with Gasteiger partial charge in [0.1, 0.15) is 5.75 Å². The Labute approximate surface area is 84.0 Å². The van der Waals surface area contributed by atoms with Crippen LogP contribution in [0.3, 0.4) is 0 Å². The summed E-state index contributed by atoms with van der Waals surface area (Å²) in [5, 5.41) is 12.9. The van der Waals surface area contributed by atoms with E-state index in [1.807, 2.05) is 12.1 Å². The number of rotatable bonds is 0. The number of benzene rings is 1. The quantitative estimate of drug-likeness (QED) is 0.650. The summed E-state index contributed by atoms with van der Waals surface area (Å²) in [5.74, 6) is 1.93. The van der Waals surface area contributed by atoms with E-state index < -0.39 is 0 Å². The van der Waals surface area contributed by atoms with Gasteiger partial charge in [0.15, 0.2) is 0 Å². The number of phenols is 1. The normalized spacial score (nSPS) is 29.7. The van der Waals surface area contributed by atoms with Crippen molar-refractivity contribution in [3.8, 4) is 5.75 Å². The molecule has 74 valence electrons. The first-order valence-corrected chi connectivity index (χ1v) is 5.37. The van der Waals surface area contributed by atoms with E-state index in [0.29, 0.717) is 11.7 Å². The number of nitrogens with one attached hydrogen (secondary N) is 1. The van der Waals surface area contributed by atoms with Crippen LogP contribution in [0.1, 0.15) is 23.5 Å². The first-order chi connectivity index (χ1) is 6.84. The van der Waals surface area contributed by atoms with Crippen LogP contribution in [0.15, 0.2) is 18.2 Å². The van der Waals surface area contributed by atoms with Crippen LogP contribution in [0.5, 0.6) is 5.75 Å². The Hall–Kier alpha value is -1.02. The van der Waals surface area contributed by atoms with Gasteiger partial charge in [-0.3, -0.25) is 0 Å². The van der Waals surface area contributed by atoms with Gasteiger partial charge in [-0.1, -0.05) is 6.07 Å². The minimum absolute atomic E-state index is 0.410. The van der Waals surface area contributed by atoms with Crippen LogP contribution < -0.4 is 5.32 Å². The maximum absolute atomic E-state index is 9.41. The van der Waals surface area contributed by atoms with Crippen LogP contribution >= 0.6 is 0 Å². The highest BCUT2D eigenvalue weighted by molar-refractivity contribution is 5.40. The second-order valence-corrected chi connectivity index (χ2v) is 4.45. The summed E-state index contributed by atoms with van der Waals surface area (Å²) in [4.78, 5) is 0. The number of hydrogen-bond donors (Lipinski definition) is 2. The average molecular weight is 189 g/mol. The fourth-order valence-corrected chi connectivity index (χ4v) is 2.91. The van der Waals surface area contributed by atoms with Crippen LogP contribution in [0.4, 0.5) is 0 Å². The first-order valence-electron chi connectivity index (χ1n) is 5.37. The fraction of sp³-hybridized carbons (Fsp3) is 0.500. The zero-order valence-electron chi connectivity index (χ0n) is 8.16. The van der Waals surface area contributed by atoms with Gasteiger partial charge < -0.3 is 10.4 Å². The Morgan fingerprint density at radius 2 is 2.21 bits per heavy atom. The molecule has 3 rings (SSSR count).